The van der Waals surface area contributed by atoms with E-state index in [1.807, 2.05) is 23.1 Å². The van der Waals surface area contributed by atoms with Gasteiger partial charge in [0.25, 0.3) is 0 Å². The van der Waals surface area contributed by atoms with E-state index in [0.29, 0.717) is 0 Å². The second kappa shape index (κ2) is 3.70. The van der Waals surface area contributed by atoms with E-state index in [1.165, 1.54) is 0 Å². The molecule has 2 rings (SSSR count). The molecule has 0 aliphatic carbocycles. The fourth-order valence-corrected chi connectivity index (χ4v) is 2.16. The van der Waals surface area contributed by atoms with Crippen molar-refractivity contribution >= 4 is 17.4 Å². The van der Waals surface area contributed by atoms with Gasteiger partial charge in [0.15, 0.2) is 0 Å². The van der Waals surface area contributed by atoms with Crippen molar-refractivity contribution in [2.75, 3.05) is 24.7 Å². The van der Waals surface area contributed by atoms with Gasteiger partial charge >= 0.3 is 6.03 Å². The molecule has 16 heavy (non-hydrogen) atoms. The zero-order chi connectivity index (χ0) is 11.9. The molecular formula is C12H17N3O. The zero-order valence-electron chi connectivity index (χ0n) is 9.90. The molecular weight excluding hydrogens is 202 g/mol. The lowest BCUT2D eigenvalue weighted by Crippen LogP contribution is -2.42. The van der Waals surface area contributed by atoms with Crippen LogP contribution in [0.4, 0.5) is 16.2 Å². The second-order valence-electron chi connectivity index (χ2n) is 4.49. The highest BCUT2D eigenvalue weighted by molar-refractivity contribution is 5.95. The summed E-state index contributed by atoms with van der Waals surface area (Å²) in [7, 11) is 3.54. The number of hydrogen-bond donors (Lipinski definition) is 1. The standard InChI is InChI=1S/C12H17N3O/c1-8-6-9-7-10(13)4-5-11(9)15(8)12(16)14(2)3/h4-5,7-8H,6,13H2,1-3H3. The molecule has 0 saturated heterocycles. The number of amides is 2. The Labute approximate surface area is 95.6 Å². The van der Waals surface area contributed by atoms with E-state index in [9.17, 15) is 4.79 Å². The highest BCUT2D eigenvalue weighted by Gasteiger charge is 2.31. The SMILES string of the molecule is CC1Cc2cc(N)ccc2N1C(=O)N(C)C. The average Bonchev–Trinajstić information content (AvgIpc) is 2.51. The Morgan fingerprint density at radius 2 is 2.19 bits per heavy atom. The first kappa shape index (κ1) is 10.8. The maximum Gasteiger partial charge on any atom is 0.324 e. The minimum absolute atomic E-state index is 0.0241. The van der Waals surface area contributed by atoms with Gasteiger partial charge in [-0.1, -0.05) is 0 Å². The minimum Gasteiger partial charge on any atom is -0.399 e. The number of nitrogen functional groups attached to an aromatic ring is 1. The zero-order valence-corrected chi connectivity index (χ0v) is 9.90. The lowest BCUT2D eigenvalue weighted by molar-refractivity contribution is 0.222. The molecule has 0 radical (unpaired) electrons. The molecule has 0 saturated carbocycles. The third-order valence-corrected chi connectivity index (χ3v) is 2.91. The smallest absolute Gasteiger partial charge is 0.324 e. The molecule has 0 fully saturated rings. The van der Waals surface area contributed by atoms with Gasteiger partial charge < -0.3 is 10.6 Å². The fraction of sp³-hybridized carbons (Fsp3) is 0.417. The summed E-state index contributed by atoms with van der Waals surface area (Å²) in [6, 6.07) is 5.94. The summed E-state index contributed by atoms with van der Waals surface area (Å²) in [4.78, 5) is 15.5. The molecule has 1 heterocycles. The number of benzene rings is 1. The number of anilines is 2. The normalized spacial score (nSPS) is 18.4. The number of rotatable bonds is 0. The van der Waals surface area contributed by atoms with E-state index in [2.05, 4.69) is 6.92 Å². The number of carbonyl (C=O) groups is 1. The summed E-state index contributed by atoms with van der Waals surface area (Å²) in [5.74, 6) is 0. The maximum absolute atomic E-state index is 12.0. The maximum atomic E-state index is 12.0. The van der Waals surface area contributed by atoms with Gasteiger partial charge in [-0.2, -0.15) is 0 Å². The highest BCUT2D eigenvalue weighted by Crippen LogP contribution is 2.33. The number of fused-ring (bicyclic) bond motifs is 1. The predicted octanol–water partition coefficient (Wildman–Crippen LogP) is 1.70. The Balaban J connectivity index is 2.40. The van der Waals surface area contributed by atoms with Gasteiger partial charge in [0.1, 0.15) is 0 Å². The Morgan fingerprint density at radius 3 is 2.81 bits per heavy atom. The van der Waals surface area contributed by atoms with E-state index in [4.69, 9.17) is 5.73 Å². The van der Waals surface area contributed by atoms with Crippen LogP contribution in [0.15, 0.2) is 18.2 Å². The Hall–Kier alpha value is -1.71. The quantitative estimate of drug-likeness (QED) is 0.675. The van der Waals surface area contributed by atoms with Crippen LogP contribution in [0.2, 0.25) is 0 Å². The summed E-state index contributed by atoms with van der Waals surface area (Å²) < 4.78 is 0. The van der Waals surface area contributed by atoms with Gasteiger partial charge in [0, 0.05) is 31.5 Å². The summed E-state index contributed by atoms with van der Waals surface area (Å²) in [5, 5.41) is 0. The second-order valence-corrected chi connectivity index (χ2v) is 4.49. The number of urea groups is 1. The molecule has 86 valence electrons. The van der Waals surface area contributed by atoms with E-state index in [-0.39, 0.29) is 12.1 Å². The van der Waals surface area contributed by atoms with Crippen LogP contribution in [0, 0.1) is 0 Å². The number of nitrogens with two attached hydrogens (primary N) is 1. The van der Waals surface area contributed by atoms with Gasteiger partial charge in [-0.25, -0.2) is 4.79 Å². The highest BCUT2D eigenvalue weighted by atomic mass is 16.2. The number of carbonyl (C=O) groups excluding carboxylic acids is 1. The molecule has 2 amide bonds. The van der Waals surface area contributed by atoms with Gasteiger partial charge in [-0.15, -0.1) is 0 Å². The van der Waals surface area contributed by atoms with Crippen molar-refractivity contribution < 1.29 is 4.79 Å². The third kappa shape index (κ3) is 1.60. The minimum atomic E-state index is 0.0241. The Bertz CT molecular complexity index is 428. The van der Waals surface area contributed by atoms with E-state index < -0.39 is 0 Å². The lowest BCUT2D eigenvalue weighted by Gasteiger charge is -2.26. The van der Waals surface area contributed by atoms with Crippen LogP contribution in [0.3, 0.4) is 0 Å². The monoisotopic (exact) mass is 219 g/mol. The lowest BCUT2D eigenvalue weighted by atomic mass is 10.1. The van der Waals surface area contributed by atoms with E-state index in [0.717, 1.165) is 23.4 Å². The van der Waals surface area contributed by atoms with Gasteiger partial charge in [-0.3, -0.25) is 4.90 Å². The molecule has 2 N–H and O–H groups in total. The first-order valence-electron chi connectivity index (χ1n) is 5.39. The van der Waals surface area contributed by atoms with Crippen molar-refractivity contribution in [2.24, 2.45) is 0 Å². The van der Waals surface area contributed by atoms with Crippen molar-refractivity contribution in [3.8, 4) is 0 Å². The van der Waals surface area contributed by atoms with Crippen LogP contribution in [0.1, 0.15) is 12.5 Å². The van der Waals surface area contributed by atoms with E-state index >= 15 is 0 Å². The molecule has 4 nitrogen and oxygen atoms in total. The van der Waals surface area contributed by atoms with Crippen LogP contribution in [-0.2, 0) is 6.42 Å². The van der Waals surface area contributed by atoms with Crippen LogP contribution in [0.25, 0.3) is 0 Å². The van der Waals surface area contributed by atoms with Crippen molar-refractivity contribution in [1.82, 2.24) is 4.90 Å². The van der Waals surface area contributed by atoms with Crippen LogP contribution < -0.4 is 10.6 Å². The molecule has 0 spiro atoms. The Morgan fingerprint density at radius 1 is 1.50 bits per heavy atom. The van der Waals surface area contributed by atoms with Crippen molar-refractivity contribution in [3.63, 3.8) is 0 Å². The summed E-state index contributed by atoms with van der Waals surface area (Å²) >= 11 is 0. The fourth-order valence-electron chi connectivity index (χ4n) is 2.16. The summed E-state index contributed by atoms with van der Waals surface area (Å²) in [6.45, 7) is 2.05. The summed E-state index contributed by atoms with van der Waals surface area (Å²) in [6.07, 6.45) is 0.875. The number of hydrogen-bond acceptors (Lipinski definition) is 2. The average molecular weight is 219 g/mol. The van der Waals surface area contributed by atoms with Gasteiger partial charge in [0.2, 0.25) is 0 Å². The predicted molar refractivity (Wildman–Crippen MR) is 65.6 cm³/mol. The summed E-state index contributed by atoms with van der Waals surface area (Å²) in [5.41, 5.74) is 8.64. The molecule has 1 aliphatic heterocycles. The molecule has 1 unspecified atom stereocenters. The van der Waals surface area contributed by atoms with E-state index in [1.54, 1.807) is 19.0 Å². The van der Waals surface area contributed by atoms with Crippen molar-refractivity contribution in [2.45, 2.75) is 19.4 Å². The molecule has 1 atom stereocenters. The van der Waals surface area contributed by atoms with Crippen molar-refractivity contribution in [1.29, 1.82) is 0 Å². The first-order valence-corrected chi connectivity index (χ1v) is 5.39. The van der Waals surface area contributed by atoms with Crippen LogP contribution >= 0.6 is 0 Å². The molecule has 4 heteroatoms. The molecule has 1 aromatic rings. The van der Waals surface area contributed by atoms with Gasteiger partial charge in [0.05, 0.1) is 0 Å². The van der Waals surface area contributed by atoms with Crippen LogP contribution in [0.5, 0.6) is 0 Å². The first-order chi connectivity index (χ1) is 7.50. The Kier molecular flexibility index (Phi) is 2.50. The molecule has 0 bridgehead atoms. The van der Waals surface area contributed by atoms with Crippen molar-refractivity contribution in [3.05, 3.63) is 23.8 Å². The number of nitrogens with zero attached hydrogens (tertiary/aromatic N) is 2. The molecule has 0 aromatic heterocycles. The third-order valence-electron chi connectivity index (χ3n) is 2.91. The molecule has 1 aromatic carbocycles. The topological polar surface area (TPSA) is 49.6 Å². The van der Waals surface area contributed by atoms with Gasteiger partial charge in [-0.05, 0) is 37.1 Å². The van der Waals surface area contributed by atoms with Crippen LogP contribution in [-0.4, -0.2) is 31.1 Å². The largest absolute Gasteiger partial charge is 0.399 e. The molecule has 1 aliphatic rings.